The van der Waals surface area contributed by atoms with Crippen molar-refractivity contribution >= 4 is 5.91 Å². The van der Waals surface area contributed by atoms with Gasteiger partial charge in [0.25, 0.3) is 5.91 Å². The molecule has 0 spiro atoms. The van der Waals surface area contributed by atoms with Crippen molar-refractivity contribution in [1.82, 2.24) is 14.8 Å². The summed E-state index contributed by atoms with van der Waals surface area (Å²) in [5.74, 6) is 7.16. The van der Waals surface area contributed by atoms with Crippen LogP contribution in [0.15, 0.2) is 12.3 Å². The van der Waals surface area contributed by atoms with E-state index in [0.717, 1.165) is 37.9 Å². The quantitative estimate of drug-likeness (QED) is 0.744. The first-order chi connectivity index (χ1) is 13.9. The highest BCUT2D eigenvalue weighted by Gasteiger charge is 2.34. The van der Waals surface area contributed by atoms with Crippen LogP contribution < -0.4 is 4.74 Å². The molecule has 0 unspecified atom stereocenters. The van der Waals surface area contributed by atoms with E-state index in [2.05, 4.69) is 42.6 Å². The van der Waals surface area contributed by atoms with E-state index >= 15 is 0 Å². The summed E-state index contributed by atoms with van der Waals surface area (Å²) in [6, 6.07) is 1.52. The lowest BCUT2D eigenvalue weighted by atomic mass is 10.00. The average molecular weight is 400 g/mol. The number of hydrogen-bond donors (Lipinski definition) is 1. The Morgan fingerprint density at radius 3 is 2.86 bits per heavy atom. The van der Waals surface area contributed by atoms with Crippen molar-refractivity contribution in [2.45, 2.75) is 52.2 Å². The van der Waals surface area contributed by atoms with Crippen LogP contribution in [-0.2, 0) is 0 Å². The molecule has 6 nitrogen and oxygen atoms in total. The van der Waals surface area contributed by atoms with Crippen LogP contribution in [0.1, 0.15) is 56.0 Å². The van der Waals surface area contributed by atoms with Crippen LogP contribution in [0.4, 0.5) is 0 Å². The highest BCUT2D eigenvalue weighted by molar-refractivity contribution is 5.97. The van der Waals surface area contributed by atoms with Gasteiger partial charge in [-0.3, -0.25) is 4.79 Å². The zero-order valence-corrected chi connectivity index (χ0v) is 18.0. The molecule has 1 aromatic heterocycles. The van der Waals surface area contributed by atoms with Gasteiger partial charge in [0.15, 0.2) is 0 Å². The van der Waals surface area contributed by atoms with E-state index in [1.807, 2.05) is 6.92 Å². The predicted octanol–water partition coefficient (Wildman–Crippen LogP) is 2.41. The van der Waals surface area contributed by atoms with Gasteiger partial charge in [-0.2, -0.15) is 0 Å². The molecule has 1 fully saturated rings. The summed E-state index contributed by atoms with van der Waals surface area (Å²) in [5.41, 5.74) is 1.17. The van der Waals surface area contributed by atoms with Gasteiger partial charge in [-0.15, -0.1) is 0 Å². The molecule has 1 aliphatic carbocycles. The fraction of sp³-hybridized carbons (Fsp3) is 0.652. The lowest BCUT2D eigenvalue weighted by Gasteiger charge is -2.37. The molecule has 3 atom stereocenters. The molecular weight excluding hydrogens is 366 g/mol. The van der Waals surface area contributed by atoms with Gasteiger partial charge in [0, 0.05) is 36.7 Å². The van der Waals surface area contributed by atoms with Gasteiger partial charge in [0.05, 0.1) is 12.6 Å². The third-order valence-corrected chi connectivity index (χ3v) is 5.62. The zero-order chi connectivity index (χ0) is 21.0. The summed E-state index contributed by atoms with van der Waals surface area (Å²) in [5, 5.41) is 9.72. The first kappa shape index (κ1) is 21.6. The minimum absolute atomic E-state index is 0.0797. The van der Waals surface area contributed by atoms with E-state index in [0.29, 0.717) is 23.9 Å². The number of ether oxygens (including phenoxy) is 1. The number of hydrogen-bond acceptors (Lipinski definition) is 5. The van der Waals surface area contributed by atoms with Crippen LogP contribution in [0.3, 0.4) is 0 Å². The van der Waals surface area contributed by atoms with E-state index in [1.165, 1.54) is 0 Å². The number of aliphatic hydroxyl groups is 1. The Labute approximate surface area is 174 Å². The Balaban J connectivity index is 1.94. The van der Waals surface area contributed by atoms with E-state index in [-0.39, 0.29) is 30.6 Å². The lowest BCUT2D eigenvalue weighted by molar-refractivity contribution is 0.0331. The second-order valence-corrected chi connectivity index (χ2v) is 8.51. The molecular formula is C23H33N3O3. The van der Waals surface area contributed by atoms with Crippen molar-refractivity contribution in [3.63, 3.8) is 0 Å². The molecule has 3 rings (SSSR count). The summed E-state index contributed by atoms with van der Waals surface area (Å²) in [6.07, 6.45) is 4.98. The fourth-order valence-electron chi connectivity index (χ4n) is 3.58. The molecule has 1 amide bonds. The molecule has 1 saturated carbocycles. The molecule has 1 aliphatic heterocycles. The monoisotopic (exact) mass is 399 g/mol. The molecule has 2 heterocycles. The largest absolute Gasteiger partial charge is 0.472 e. The average Bonchev–Trinajstić information content (AvgIpc) is 3.53. The van der Waals surface area contributed by atoms with Gasteiger partial charge < -0.3 is 19.6 Å². The highest BCUT2D eigenvalue weighted by Crippen LogP contribution is 2.29. The van der Waals surface area contributed by atoms with Gasteiger partial charge in [-0.05, 0) is 45.8 Å². The number of carbonyl (C=O) groups is 1. The van der Waals surface area contributed by atoms with E-state index in [9.17, 15) is 9.90 Å². The number of carbonyl (C=O) groups excluding carboxylic acids is 1. The summed E-state index contributed by atoms with van der Waals surface area (Å²) in [6.45, 7) is 8.31. The molecule has 0 bridgehead atoms. The van der Waals surface area contributed by atoms with Crippen LogP contribution in [0.5, 0.6) is 5.88 Å². The Kier molecular flexibility index (Phi) is 7.15. The topological polar surface area (TPSA) is 65.9 Å². The normalized spacial score (nSPS) is 22.8. The third kappa shape index (κ3) is 5.49. The van der Waals surface area contributed by atoms with Gasteiger partial charge in [0.2, 0.25) is 5.88 Å². The molecule has 2 aliphatic rings. The number of pyridine rings is 1. The van der Waals surface area contributed by atoms with Crippen molar-refractivity contribution in [2.24, 2.45) is 11.8 Å². The summed E-state index contributed by atoms with van der Waals surface area (Å²) in [7, 11) is 2.09. The number of fused-ring (bicyclic) bond motifs is 1. The van der Waals surface area contributed by atoms with E-state index in [1.54, 1.807) is 17.2 Å². The second-order valence-electron chi connectivity index (χ2n) is 8.51. The SMILES string of the molecule is CCCN(C)C[C@H]1Oc2ncc(C#CC3CC3)cc2C(=O)N([C@@H](C)CO)C[C@@H]1C. The number of aliphatic hydroxyl groups excluding tert-OH is 1. The van der Waals surface area contributed by atoms with Gasteiger partial charge >= 0.3 is 0 Å². The number of aromatic nitrogens is 1. The van der Waals surface area contributed by atoms with E-state index < -0.39 is 0 Å². The maximum absolute atomic E-state index is 13.3. The Morgan fingerprint density at radius 2 is 2.21 bits per heavy atom. The third-order valence-electron chi connectivity index (χ3n) is 5.62. The van der Waals surface area contributed by atoms with Crippen molar-refractivity contribution in [2.75, 3.05) is 33.3 Å². The predicted molar refractivity (Wildman–Crippen MR) is 113 cm³/mol. The second kappa shape index (κ2) is 9.60. The van der Waals surface area contributed by atoms with Gasteiger partial charge in [0.1, 0.15) is 11.7 Å². The number of amides is 1. The molecule has 1 N–H and O–H groups in total. The molecule has 158 valence electrons. The molecule has 0 aromatic carbocycles. The first-order valence-electron chi connectivity index (χ1n) is 10.7. The smallest absolute Gasteiger partial charge is 0.259 e. The van der Waals surface area contributed by atoms with Crippen LogP contribution in [0, 0.1) is 23.7 Å². The maximum Gasteiger partial charge on any atom is 0.259 e. The zero-order valence-electron chi connectivity index (χ0n) is 18.0. The lowest BCUT2D eigenvalue weighted by Crippen LogP contribution is -2.50. The molecule has 0 radical (unpaired) electrons. The fourth-order valence-corrected chi connectivity index (χ4v) is 3.58. The maximum atomic E-state index is 13.3. The van der Waals surface area contributed by atoms with Crippen molar-refractivity contribution in [1.29, 1.82) is 0 Å². The van der Waals surface area contributed by atoms with Crippen molar-refractivity contribution in [3.8, 4) is 17.7 Å². The van der Waals surface area contributed by atoms with E-state index in [4.69, 9.17) is 4.74 Å². The Hall–Kier alpha value is -2.10. The summed E-state index contributed by atoms with van der Waals surface area (Å²) < 4.78 is 6.28. The van der Waals surface area contributed by atoms with Crippen LogP contribution in [-0.4, -0.2) is 71.2 Å². The molecule has 1 aromatic rings. The Morgan fingerprint density at radius 1 is 1.45 bits per heavy atom. The molecule has 29 heavy (non-hydrogen) atoms. The number of likely N-dealkylation sites (N-methyl/N-ethyl adjacent to an activating group) is 1. The standard InChI is InChI=1S/C23H33N3O3/c1-5-10-25(4)14-21-16(2)13-26(17(3)15-27)23(28)20-11-19(9-8-18-6-7-18)12-24-22(20)29-21/h11-12,16-18,21,27H,5-7,10,13-15H2,1-4H3/t16-,17-,21+/m0/s1. The Bertz CT molecular complexity index is 781. The summed E-state index contributed by atoms with van der Waals surface area (Å²) >= 11 is 0. The minimum atomic E-state index is -0.272. The van der Waals surface area contributed by atoms with Gasteiger partial charge in [-0.1, -0.05) is 25.7 Å². The molecule has 0 saturated heterocycles. The van der Waals surface area contributed by atoms with Crippen LogP contribution in [0.25, 0.3) is 0 Å². The molecule has 6 heteroatoms. The van der Waals surface area contributed by atoms with Crippen molar-refractivity contribution in [3.05, 3.63) is 23.4 Å². The minimum Gasteiger partial charge on any atom is -0.472 e. The summed E-state index contributed by atoms with van der Waals surface area (Å²) in [4.78, 5) is 21.8. The highest BCUT2D eigenvalue weighted by atomic mass is 16.5. The number of nitrogens with zero attached hydrogens (tertiary/aromatic N) is 3. The first-order valence-corrected chi connectivity index (χ1v) is 10.7. The number of rotatable bonds is 6. The van der Waals surface area contributed by atoms with Crippen molar-refractivity contribution < 1.29 is 14.6 Å². The van der Waals surface area contributed by atoms with Gasteiger partial charge in [-0.25, -0.2) is 4.98 Å². The van der Waals surface area contributed by atoms with Crippen LogP contribution >= 0.6 is 0 Å². The van der Waals surface area contributed by atoms with Crippen LogP contribution in [0.2, 0.25) is 0 Å².